The molecule has 4 heteroatoms. The minimum Gasteiger partial charge on any atom is -0.348 e. The molecule has 4 nitrogen and oxygen atoms in total. The number of nitrogens with one attached hydrogen (secondary N) is 1. The van der Waals surface area contributed by atoms with E-state index >= 15 is 0 Å². The number of amides is 1. The molecule has 1 aliphatic rings. The van der Waals surface area contributed by atoms with Gasteiger partial charge in [-0.05, 0) is 18.8 Å². The molecule has 1 saturated carbocycles. The molecule has 86 valence electrons. The lowest BCUT2D eigenvalue weighted by Crippen LogP contribution is -2.41. The van der Waals surface area contributed by atoms with Gasteiger partial charge in [-0.1, -0.05) is 19.8 Å². The standard InChI is InChI=1S/C12H17N3O/c1-9-4-2-3-5-10(9)15-12(16)11-8-13-6-7-14-11/h6-10H,2-5H2,1H3,(H,15,16)/t9-,10+/m0/s1. The second-order valence-electron chi connectivity index (χ2n) is 4.43. The fourth-order valence-electron chi connectivity index (χ4n) is 2.19. The van der Waals surface area contributed by atoms with Crippen molar-refractivity contribution in [1.29, 1.82) is 0 Å². The summed E-state index contributed by atoms with van der Waals surface area (Å²) in [5.41, 5.74) is 0.403. The second kappa shape index (κ2) is 5.05. The van der Waals surface area contributed by atoms with Crippen LogP contribution in [0.2, 0.25) is 0 Å². The van der Waals surface area contributed by atoms with Gasteiger partial charge in [0.15, 0.2) is 0 Å². The van der Waals surface area contributed by atoms with E-state index in [2.05, 4.69) is 22.2 Å². The maximum atomic E-state index is 11.8. The van der Waals surface area contributed by atoms with Crippen LogP contribution in [-0.4, -0.2) is 21.9 Å². The van der Waals surface area contributed by atoms with Crippen molar-refractivity contribution in [1.82, 2.24) is 15.3 Å². The van der Waals surface area contributed by atoms with Crippen molar-refractivity contribution in [3.8, 4) is 0 Å². The Balaban J connectivity index is 1.96. The monoisotopic (exact) mass is 219 g/mol. The van der Waals surface area contributed by atoms with E-state index in [1.165, 1.54) is 25.5 Å². The largest absolute Gasteiger partial charge is 0.348 e. The van der Waals surface area contributed by atoms with Gasteiger partial charge in [0.1, 0.15) is 5.69 Å². The maximum absolute atomic E-state index is 11.8. The number of rotatable bonds is 2. The summed E-state index contributed by atoms with van der Waals surface area (Å²) in [4.78, 5) is 19.7. The smallest absolute Gasteiger partial charge is 0.271 e. The average molecular weight is 219 g/mol. The molecule has 1 heterocycles. The lowest BCUT2D eigenvalue weighted by molar-refractivity contribution is 0.0905. The highest BCUT2D eigenvalue weighted by atomic mass is 16.1. The molecule has 1 amide bonds. The predicted molar refractivity (Wildman–Crippen MR) is 60.9 cm³/mol. The SMILES string of the molecule is C[C@H]1CCCC[C@H]1NC(=O)c1cnccn1. The summed E-state index contributed by atoms with van der Waals surface area (Å²) in [6.07, 6.45) is 9.37. The number of hydrogen-bond acceptors (Lipinski definition) is 3. The lowest BCUT2D eigenvalue weighted by atomic mass is 9.86. The van der Waals surface area contributed by atoms with Crippen molar-refractivity contribution < 1.29 is 4.79 Å². The Morgan fingerprint density at radius 2 is 2.19 bits per heavy atom. The van der Waals surface area contributed by atoms with E-state index in [-0.39, 0.29) is 5.91 Å². The number of aromatic nitrogens is 2. The zero-order valence-electron chi connectivity index (χ0n) is 9.52. The van der Waals surface area contributed by atoms with Gasteiger partial charge >= 0.3 is 0 Å². The van der Waals surface area contributed by atoms with Crippen LogP contribution >= 0.6 is 0 Å². The third-order valence-electron chi connectivity index (χ3n) is 3.22. The molecular formula is C12H17N3O. The Bertz CT molecular complexity index is 353. The molecule has 16 heavy (non-hydrogen) atoms. The summed E-state index contributed by atoms with van der Waals surface area (Å²) in [6.45, 7) is 2.20. The van der Waals surface area contributed by atoms with Gasteiger partial charge in [-0.15, -0.1) is 0 Å². The van der Waals surface area contributed by atoms with Crippen LogP contribution in [0, 0.1) is 5.92 Å². The van der Waals surface area contributed by atoms with Gasteiger partial charge in [-0.25, -0.2) is 4.98 Å². The van der Waals surface area contributed by atoms with E-state index in [1.54, 1.807) is 12.4 Å². The van der Waals surface area contributed by atoms with Crippen LogP contribution in [0.3, 0.4) is 0 Å². The van der Waals surface area contributed by atoms with Gasteiger partial charge in [0.05, 0.1) is 6.20 Å². The third-order valence-corrected chi connectivity index (χ3v) is 3.22. The molecule has 0 radical (unpaired) electrons. The van der Waals surface area contributed by atoms with Crippen LogP contribution < -0.4 is 5.32 Å². The Labute approximate surface area is 95.5 Å². The van der Waals surface area contributed by atoms with E-state index in [0.29, 0.717) is 17.7 Å². The Morgan fingerprint density at radius 3 is 2.88 bits per heavy atom. The van der Waals surface area contributed by atoms with Crippen molar-refractivity contribution in [3.63, 3.8) is 0 Å². The molecule has 0 aromatic carbocycles. The van der Waals surface area contributed by atoms with Gasteiger partial charge in [0.2, 0.25) is 0 Å². The van der Waals surface area contributed by atoms with Crippen molar-refractivity contribution in [2.75, 3.05) is 0 Å². The van der Waals surface area contributed by atoms with Gasteiger partial charge in [0.25, 0.3) is 5.91 Å². The molecule has 1 aromatic heterocycles. The Morgan fingerprint density at radius 1 is 1.38 bits per heavy atom. The van der Waals surface area contributed by atoms with Crippen LogP contribution in [-0.2, 0) is 0 Å². The van der Waals surface area contributed by atoms with Crippen molar-refractivity contribution in [2.45, 2.75) is 38.6 Å². The zero-order chi connectivity index (χ0) is 11.4. The van der Waals surface area contributed by atoms with Gasteiger partial charge in [0, 0.05) is 18.4 Å². The molecule has 1 aromatic rings. The van der Waals surface area contributed by atoms with Crippen LogP contribution in [0.15, 0.2) is 18.6 Å². The van der Waals surface area contributed by atoms with E-state index in [1.807, 2.05) is 0 Å². The summed E-state index contributed by atoms with van der Waals surface area (Å²) in [5.74, 6) is 0.459. The fourth-order valence-corrected chi connectivity index (χ4v) is 2.19. The molecule has 0 spiro atoms. The van der Waals surface area contributed by atoms with E-state index < -0.39 is 0 Å². The first-order valence-electron chi connectivity index (χ1n) is 5.84. The van der Waals surface area contributed by atoms with Crippen molar-refractivity contribution in [3.05, 3.63) is 24.3 Å². The first kappa shape index (κ1) is 11.0. The molecule has 1 N–H and O–H groups in total. The van der Waals surface area contributed by atoms with Crippen LogP contribution in [0.25, 0.3) is 0 Å². The summed E-state index contributed by atoms with van der Waals surface area (Å²) < 4.78 is 0. The van der Waals surface area contributed by atoms with Crippen molar-refractivity contribution >= 4 is 5.91 Å². The summed E-state index contributed by atoms with van der Waals surface area (Å²) in [6, 6.07) is 0.295. The number of carbonyl (C=O) groups excluding carboxylic acids is 1. The minimum absolute atomic E-state index is 0.105. The Hall–Kier alpha value is -1.45. The zero-order valence-corrected chi connectivity index (χ0v) is 9.52. The van der Waals surface area contributed by atoms with Gasteiger partial charge in [-0.3, -0.25) is 9.78 Å². The van der Waals surface area contributed by atoms with Gasteiger partial charge in [-0.2, -0.15) is 0 Å². The number of hydrogen-bond donors (Lipinski definition) is 1. The summed E-state index contributed by atoms with van der Waals surface area (Å²) >= 11 is 0. The predicted octanol–water partition coefficient (Wildman–Crippen LogP) is 1.79. The highest BCUT2D eigenvalue weighted by molar-refractivity contribution is 5.92. The lowest BCUT2D eigenvalue weighted by Gasteiger charge is -2.29. The highest BCUT2D eigenvalue weighted by Gasteiger charge is 2.23. The van der Waals surface area contributed by atoms with Crippen LogP contribution in [0.1, 0.15) is 43.1 Å². The first-order chi connectivity index (χ1) is 7.77. The average Bonchev–Trinajstić information content (AvgIpc) is 2.33. The fraction of sp³-hybridized carbons (Fsp3) is 0.583. The topological polar surface area (TPSA) is 54.9 Å². The quantitative estimate of drug-likeness (QED) is 0.825. The van der Waals surface area contributed by atoms with E-state index in [0.717, 1.165) is 6.42 Å². The van der Waals surface area contributed by atoms with E-state index in [4.69, 9.17) is 0 Å². The molecule has 2 atom stereocenters. The molecule has 1 aliphatic carbocycles. The normalized spacial score (nSPS) is 25.1. The molecule has 0 saturated heterocycles. The highest BCUT2D eigenvalue weighted by Crippen LogP contribution is 2.23. The minimum atomic E-state index is -0.105. The Kier molecular flexibility index (Phi) is 3.49. The molecule has 1 fully saturated rings. The summed E-state index contributed by atoms with van der Waals surface area (Å²) in [5, 5.41) is 3.04. The van der Waals surface area contributed by atoms with Crippen molar-refractivity contribution in [2.24, 2.45) is 5.92 Å². The van der Waals surface area contributed by atoms with Crippen LogP contribution in [0.5, 0.6) is 0 Å². The molecular weight excluding hydrogens is 202 g/mol. The van der Waals surface area contributed by atoms with Gasteiger partial charge < -0.3 is 5.32 Å². The van der Waals surface area contributed by atoms with E-state index in [9.17, 15) is 4.79 Å². The first-order valence-corrected chi connectivity index (χ1v) is 5.84. The molecule has 0 bridgehead atoms. The third kappa shape index (κ3) is 2.56. The molecule has 0 unspecified atom stereocenters. The summed E-state index contributed by atoms with van der Waals surface area (Å²) in [7, 11) is 0. The molecule has 2 rings (SSSR count). The number of carbonyl (C=O) groups is 1. The second-order valence-corrected chi connectivity index (χ2v) is 4.43. The molecule has 0 aliphatic heterocycles. The maximum Gasteiger partial charge on any atom is 0.271 e. The van der Waals surface area contributed by atoms with Crippen LogP contribution in [0.4, 0.5) is 0 Å². The number of nitrogens with zero attached hydrogens (tertiary/aromatic N) is 2.